The minimum Gasteiger partial charge on any atom is -0.106 e. The second-order valence-electron chi connectivity index (χ2n) is 1.51. The monoisotopic (exact) mass is 240 g/mol. The zero-order valence-corrected chi connectivity index (χ0v) is 10.3. The summed E-state index contributed by atoms with van der Waals surface area (Å²) in [6, 6.07) is 0. The van der Waals surface area contributed by atoms with Gasteiger partial charge in [-0.25, -0.2) is 0 Å². The first kappa shape index (κ1) is 45.2. The second-order valence-corrected chi connectivity index (χ2v) is 1.51. The number of rotatable bonds is 4. The van der Waals surface area contributed by atoms with E-state index in [2.05, 4.69) is 65.8 Å². The van der Waals surface area contributed by atoms with Crippen LogP contribution in [0.15, 0.2) is 77.9 Å². The Labute approximate surface area is 112 Å². The summed E-state index contributed by atoms with van der Waals surface area (Å²) in [4.78, 5) is 0. The summed E-state index contributed by atoms with van der Waals surface area (Å²) in [7, 11) is 0. The van der Waals surface area contributed by atoms with E-state index in [1.165, 1.54) is 6.42 Å². The Morgan fingerprint density at radius 1 is 0.529 bits per heavy atom. The van der Waals surface area contributed by atoms with Gasteiger partial charge in [0.25, 0.3) is 0 Å². The topological polar surface area (TPSA) is 0 Å². The standard InChI is InChI=1S/C7H12.4C2H4.2CH4/c1-3-5-7-6-4-2;4*1-2;;/h3-4H,1-2,5-7H2;4*1-2H2;2*1H4. The van der Waals surface area contributed by atoms with Crippen molar-refractivity contribution in [3.8, 4) is 0 Å². The molecule has 0 fully saturated rings. The van der Waals surface area contributed by atoms with Gasteiger partial charge in [0.2, 0.25) is 0 Å². The molecule has 0 unspecified atom stereocenters. The second kappa shape index (κ2) is 220. The van der Waals surface area contributed by atoms with Crippen molar-refractivity contribution in [1.82, 2.24) is 0 Å². The molecule has 0 saturated carbocycles. The first-order valence-electron chi connectivity index (χ1n) is 4.63. The first-order valence-corrected chi connectivity index (χ1v) is 4.63. The quantitative estimate of drug-likeness (QED) is 0.366. The lowest BCUT2D eigenvalue weighted by Gasteiger charge is -1.84. The number of unbranched alkanes of at least 4 members (excludes halogenated alkanes) is 2. The van der Waals surface area contributed by atoms with Gasteiger partial charge >= 0.3 is 0 Å². The summed E-state index contributed by atoms with van der Waals surface area (Å²) in [5.74, 6) is 0. The molecule has 0 N–H and O–H groups in total. The molecule has 0 heterocycles. The molecule has 0 aliphatic heterocycles. The van der Waals surface area contributed by atoms with Crippen molar-refractivity contribution in [2.45, 2.75) is 34.1 Å². The predicted octanol–water partition coefficient (Wildman–Crippen LogP) is 7.01. The Bertz CT molecular complexity index is 76.2. The molecule has 17 heavy (non-hydrogen) atoms. The largest absolute Gasteiger partial charge is 0.106 e. The highest BCUT2D eigenvalue weighted by Gasteiger charge is 1.74. The Hall–Kier alpha value is -1.56. The maximum Gasteiger partial charge on any atom is -0.0350 e. The van der Waals surface area contributed by atoms with Gasteiger partial charge in [-0.3, -0.25) is 0 Å². The molecule has 0 bridgehead atoms. The van der Waals surface area contributed by atoms with E-state index in [0.29, 0.717) is 0 Å². The van der Waals surface area contributed by atoms with Crippen LogP contribution in [0.5, 0.6) is 0 Å². The predicted molar refractivity (Wildman–Crippen MR) is 92.7 cm³/mol. The molecule has 0 amide bonds. The average Bonchev–Trinajstić information content (AvgIpc) is 2.40. The molecule has 0 atom stereocenters. The third-order valence-corrected chi connectivity index (χ3v) is 0.816. The van der Waals surface area contributed by atoms with Gasteiger partial charge in [0.15, 0.2) is 0 Å². The normalized spacial score (nSPS) is 4.24. The van der Waals surface area contributed by atoms with Crippen LogP contribution in [0.3, 0.4) is 0 Å². The maximum atomic E-state index is 3.60. The van der Waals surface area contributed by atoms with E-state index in [1.807, 2.05) is 12.2 Å². The average molecular weight is 240 g/mol. The van der Waals surface area contributed by atoms with E-state index >= 15 is 0 Å². The van der Waals surface area contributed by atoms with Crippen LogP contribution in [0, 0.1) is 0 Å². The third kappa shape index (κ3) is 375. The number of hydrogen-bond donors (Lipinski definition) is 0. The van der Waals surface area contributed by atoms with Crippen molar-refractivity contribution in [2.24, 2.45) is 0 Å². The molecule has 0 saturated heterocycles. The Morgan fingerprint density at radius 3 is 0.824 bits per heavy atom. The summed E-state index contributed by atoms with van der Waals surface area (Å²) in [6.07, 6.45) is 7.30. The maximum absolute atomic E-state index is 3.60. The zero-order chi connectivity index (χ0) is 13.5. The van der Waals surface area contributed by atoms with Gasteiger partial charge in [0.05, 0.1) is 0 Å². The SMILES string of the molecule is C.C.C=C.C=C.C=C.C=C.C=CCCCC=C. The van der Waals surface area contributed by atoms with Crippen molar-refractivity contribution < 1.29 is 0 Å². The van der Waals surface area contributed by atoms with Crippen LogP contribution in [0.4, 0.5) is 0 Å². The summed E-state index contributed by atoms with van der Waals surface area (Å²) in [6.45, 7) is 31.2. The Morgan fingerprint density at radius 2 is 0.706 bits per heavy atom. The fourth-order valence-electron chi connectivity index (χ4n) is 0.407. The molecule has 0 nitrogen and oxygen atoms in total. The van der Waals surface area contributed by atoms with Crippen LogP contribution in [0.25, 0.3) is 0 Å². The van der Waals surface area contributed by atoms with Crippen molar-refractivity contribution in [3.05, 3.63) is 77.9 Å². The van der Waals surface area contributed by atoms with Gasteiger partial charge in [-0.1, -0.05) is 27.0 Å². The van der Waals surface area contributed by atoms with Crippen LogP contribution in [0.2, 0.25) is 0 Å². The fraction of sp³-hybridized carbons (Fsp3) is 0.294. The molecule has 104 valence electrons. The summed E-state index contributed by atoms with van der Waals surface area (Å²) < 4.78 is 0. The van der Waals surface area contributed by atoms with E-state index in [1.54, 1.807) is 0 Å². The zero-order valence-electron chi connectivity index (χ0n) is 10.3. The van der Waals surface area contributed by atoms with Crippen LogP contribution >= 0.6 is 0 Å². The lowest BCUT2D eigenvalue weighted by molar-refractivity contribution is 0.871. The Kier molecular flexibility index (Phi) is 586. The van der Waals surface area contributed by atoms with Crippen molar-refractivity contribution in [1.29, 1.82) is 0 Å². The van der Waals surface area contributed by atoms with Crippen LogP contribution < -0.4 is 0 Å². The van der Waals surface area contributed by atoms with Gasteiger partial charge in [-0.15, -0.1) is 65.8 Å². The van der Waals surface area contributed by atoms with Gasteiger partial charge in [-0.05, 0) is 19.3 Å². The highest BCUT2D eigenvalue weighted by molar-refractivity contribution is 4.71. The van der Waals surface area contributed by atoms with Crippen molar-refractivity contribution in [3.63, 3.8) is 0 Å². The number of hydrogen-bond acceptors (Lipinski definition) is 0. The minimum atomic E-state index is 0. The molecule has 0 aliphatic carbocycles. The molecule has 0 radical (unpaired) electrons. The van der Waals surface area contributed by atoms with Crippen LogP contribution in [-0.2, 0) is 0 Å². The van der Waals surface area contributed by atoms with Gasteiger partial charge in [-0.2, -0.15) is 0 Å². The fourth-order valence-corrected chi connectivity index (χ4v) is 0.407. The van der Waals surface area contributed by atoms with Crippen molar-refractivity contribution >= 4 is 0 Å². The molecule has 0 rings (SSSR count). The van der Waals surface area contributed by atoms with Crippen LogP contribution in [0.1, 0.15) is 34.1 Å². The van der Waals surface area contributed by atoms with E-state index in [0.717, 1.165) is 12.8 Å². The molecule has 0 aromatic heterocycles. The lowest BCUT2D eigenvalue weighted by atomic mass is 10.2. The first-order chi connectivity index (χ1) is 7.41. The highest BCUT2D eigenvalue weighted by Crippen LogP contribution is 1.93. The van der Waals surface area contributed by atoms with E-state index in [-0.39, 0.29) is 14.9 Å². The molecule has 0 aromatic carbocycles. The van der Waals surface area contributed by atoms with Gasteiger partial charge < -0.3 is 0 Å². The smallest absolute Gasteiger partial charge is 0.0350 e. The molecule has 0 aromatic rings. The van der Waals surface area contributed by atoms with Crippen LogP contribution in [-0.4, -0.2) is 0 Å². The van der Waals surface area contributed by atoms with Gasteiger partial charge in [0, 0.05) is 0 Å². The number of allylic oxidation sites excluding steroid dienone is 2. The van der Waals surface area contributed by atoms with E-state index < -0.39 is 0 Å². The minimum absolute atomic E-state index is 0. The van der Waals surface area contributed by atoms with Gasteiger partial charge in [0.1, 0.15) is 0 Å². The molecular weight excluding hydrogens is 204 g/mol. The molecule has 0 heteroatoms. The van der Waals surface area contributed by atoms with E-state index in [9.17, 15) is 0 Å². The molecule has 0 spiro atoms. The molecular formula is C17H36. The Balaban J connectivity index is -0.0000000173. The highest BCUT2D eigenvalue weighted by atomic mass is 13.8. The third-order valence-electron chi connectivity index (χ3n) is 0.816. The lowest BCUT2D eigenvalue weighted by Crippen LogP contribution is -1.64. The summed E-state index contributed by atoms with van der Waals surface area (Å²) in [5.41, 5.74) is 0. The van der Waals surface area contributed by atoms with E-state index in [4.69, 9.17) is 0 Å². The summed E-state index contributed by atoms with van der Waals surface area (Å²) >= 11 is 0. The summed E-state index contributed by atoms with van der Waals surface area (Å²) in [5, 5.41) is 0. The molecule has 0 aliphatic rings. The van der Waals surface area contributed by atoms with Crippen molar-refractivity contribution in [2.75, 3.05) is 0 Å².